The van der Waals surface area contributed by atoms with Gasteiger partial charge in [0.1, 0.15) is 19.0 Å². The summed E-state index contributed by atoms with van der Waals surface area (Å²) in [6.45, 7) is 0. The van der Waals surface area contributed by atoms with Gasteiger partial charge in [0.2, 0.25) is 0 Å². The Kier molecular flexibility index (Phi) is 2.03. The highest BCUT2D eigenvalue weighted by molar-refractivity contribution is 5.81. The van der Waals surface area contributed by atoms with E-state index in [9.17, 15) is 9.59 Å². The van der Waals surface area contributed by atoms with Crippen LogP contribution in [-0.2, 0) is 0 Å². The second kappa shape index (κ2) is 3.75. The number of nitrogens with zero attached hydrogens (tertiary/aromatic N) is 6. The quantitative estimate of drug-likeness (QED) is 0.382. The van der Waals surface area contributed by atoms with Crippen LogP contribution in [0.15, 0.2) is 28.6 Å². The van der Waals surface area contributed by atoms with E-state index in [-0.39, 0.29) is 17.0 Å². The van der Waals surface area contributed by atoms with Gasteiger partial charge in [-0.3, -0.25) is 14.8 Å². The second-order valence-corrected chi connectivity index (χ2v) is 4.21. The van der Waals surface area contributed by atoms with Gasteiger partial charge in [-0.15, -0.1) is 0 Å². The number of fused-ring (bicyclic) bond motifs is 2. The van der Waals surface area contributed by atoms with Crippen molar-refractivity contribution in [2.75, 3.05) is 5.73 Å². The third kappa shape index (κ3) is 1.47. The molecule has 0 aliphatic heterocycles. The smallest absolute Gasteiger partial charge is 0.327 e. The lowest BCUT2D eigenvalue weighted by Crippen LogP contribution is -2.23. The van der Waals surface area contributed by atoms with E-state index in [4.69, 9.17) is 5.73 Å². The normalized spacial score (nSPS) is 11.4. The first-order valence-corrected chi connectivity index (χ1v) is 5.79. The van der Waals surface area contributed by atoms with Crippen LogP contribution in [0.25, 0.3) is 22.3 Å². The minimum atomic E-state index is -0.632. The first kappa shape index (κ1) is 11.3. The predicted octanol–water partition coefficient (Wildman–Crippen LogP) is -1.55. The molecule has 4 rings (SSSR count). The Morgan fingerprint density at radius 2 is 1.71 bits per heavy atom. The van der Waals surface area contributed by atoms with Crippen molar-refractivity contribution >= 4 is 28.1 Å². The van der Waals surface area contributed by atoms with Gasteiger partial charge in [-0.1, -0.05) is 0 Å². The predicted molar refractivity (Wildman–Crippen MR) is 71.5 cm³/mol. The minimum Gasteiger partial charge on any atom is -0.382 e. The summed E-state index contributed by atoms with van der Waals surface area (Å²) in [5.74, 6) is 0.231. The summed E-state index contributed by atoms with van der Waals surface area (Å²) in [7, 11) is 0. The molecule has 4 heterocycles. The summed E-state index contributed by atoms with van der Waals surface area (Å²) in [4.78, 5) is 43.7. The summed E-state index contributed by atoms with van der Waals surface area (Å²) in [6, 6.07) is 0. The zero-order valence-electron chi connectivity index (χ0n) is 10.3. The van der Waals surface area contributed by atoms with E-state index in [0.29, 0.717) is 11.2 Å². The topological polar surface area (TPSA) is 153 Å². The number of rotatable bonds is 1. The number of nitrogens with one attached hydrogen (secondary N) is 2. The summed E-state index contributed by atoms with van der Waals surface area (Å²) >= 11 is 0. The Bertz CT molecular complexity index is 1100. The number of aromatic amines is 2. The van der Waals surface area contributed by atoms with Gasteiger partial charge in [0.25, 0.3) is 5.56 Å². The van der Waals surface area contributed by atoms with Crippen LogP contribution in [0.5, 0.6) is 0 Å². The number of hydrogen-bond donors (Lipinski definition) is 3. The lowest BCUT2D eigenvalue weighted by atomic mass is 10.5. The Morgan fingerprint density at radius 1 is 0.952 bits per heavy atom. The summed E-state index contributed by atoms with van der Waals surface area (Å²) in [6.07, 6.45) is 4.11. The van der Waals surface area contributed by atoms with E-state index in [0.717, 1.165) is 0 Å². The Morgan fingerprint density at radius 3 is 2.57 bits per heavy atom. The van der Waals surface area contributed by atoms with E-state index in [1.54, 1.807) is 0 Å². The summed E-state index contributed by atoms with van der Waals surface area (Å²) in [5.41, 5.74) is 5.66. The van der Waals surface area contributed by atoms with Crippen molar-refractivity contribution in [2.24, 2.45) is 0 Å². The van der Waals surface area contributed by atoms with E-state index in [2.05, 4.69) is 29.9 Å². The molecular weight excluding hydrogens is 278 g/mol. The fourth-order valence-corrected chi connectivity index (χ4v) is 2.09. The van der Waals surface area contributed by atoms with Gasteiger partial charge in [-0.25, -0.2) is 34.1 Å². The van der Waals surface area contributed by atoms with Crippen molar-refractivity contribution in [3.05, 3.63) is 39.8 Å². The molecule has 0 saturated heterocycles. The van der Waals surface area contributed by atoms with Gasteiger partial charge >= 0.3 is 5.69 Å². The van der Waals surface area contributed by atoms with Crippen LogP contribution in [0.4, 0.5) is 5.82 Å². The SMILES string of the molecule is Nc1ncnc2c1ncn2-n1cnc2c(=O)[nH]c(=O)[nH]c21. The van der Waals surface area contributed by atoms with Crippen LogP contribution in [-0.4, -0.2) is 39.3 Å². The van der Waals surface area contributed by atoms with Crippen molar-refractivity contribution in [3.63, 3.8) is 0 Å². The van der Waals surface area contributed by atoms with E-state index in [1.165, 1.54) is 28.3 Å². The minimum absolute atomic E-state index is 0.0958. The molecule has 0 aliphatic rings. The molecule has 21 heavy (non-hydrogen) atoms. The number of aromatic nitrogens is 8. The molecule has 0 bridgehead atoms. The lowest BCUT2D eigenvalue weighted by Gasteiger charge is -2.04. The van der Waals surface area contributed by atoms with Gasteiger partial charge < -0.3 is 5.73 Å². The maximum atomic E-state index is 11.7. The van der Waals surface area contributed by atoms with Crippen LogP contribution < -0.4 is 17.0 Å². The number of nitrogens with two attached hydrogens (primary N) is 1. The molecule has 4 aromatic heterocycles. The molecule has 0 spiro atoms. The van der Waals surface area contributed by atoms with Crippen LogP contribution in [0.3, 0.4) is 0 Å². The van der Waals surface area contributed by atoms with Crippen molar-refractivity contribution in [1.29, 1.82) is 0 Å². The molecule has 11 heteroatoms. The third-order valence-electron chi connectivity index (χ3n) is 3.00. The average Bonchev–Trinajstić information content (AvgIpc) is 3.03. The largest absolute Gasteiger partial charge is 0.382 e. The number of hydrogen-bond acceptors (Lipinski definition) is 7. The Labute approximate surface area is 114 Å². The molecule has 0 aromatic carbocycles. The molecule has 0 fully saturated rings. The highest BCUT2D eigenvalue weighted by Crippen LogP contribution is 2.15. The monoisotopic (exact) mass is 285 g/mol. The number of imidazole rings is 2. The highest BCUT2D eigenvalue weighted by Gasteiger charge is 2.13. The first-order chi connectivity index (χ1) is 10.1. The molecule has 4 aromatic rings. The van der Waals surface area contributed by atoms with Gasteiger partial charge in [0.05, 0.1) is 0 Å². The highest BCUT2D eigenvalue weighted by atomic mass is 16.2. The molecule has 0 atom stereocenters. The Hall–Kier alpha value is -3.50. The molecule has 0 unspecified atom stereocenters. The van der Waals surface area contributed by atoms with E-state index >= 15 is 0 Å². The van der Waals surface area contributed by atoms with Crippen LogP contribution in [0.1, 0.15) is 0 Å². The van der Waals surface area contributed by atoms with Gasteiger partial charge in [-0.05, 0) is 0 Å². The van der Waals surface area contributed by atoms with Crippen molar-refractivity contribution < 1.29 is 0 Å². The maximum absolute atomic E-state index is 11.7. The second-order valence-electron chi connectivity index (χ2n) is 4.21. The molecule has 4 N–H and O–H groups in total. The van der Waals surface area contributed by atoms with Gasteiger partial charge in [-0.2, -0.15) is 0 Å². The van der Waals surface area contributed by atoms with Crippen molar-refractivity contribution in [2.45, 2.75) is 0 Å². The molecule has 0 aliphatic carbocycles. The molecule has 104 valence electrons. The molecule has 0 amide bonds. The maximum Gasteiger partial charge on any atom is 0.327 e. The molecule has 11 nitrogen and oxygen atoms in total. The lowest BCUT2D eigenvalue weighted by molar-refractivity contribution is 0.686. The zero-order valence-corrected chi connectivity index (χ0v) is 10.3. The number of nitrogen functional groups attached to an aromatic ring is 1. The van der Waals surface area contributed by atoms with Crippen LogP contribution in [0.2, 0.25) is 0 Å². The molecule has 0 radical (unpaired) electrons. The average molecular weight is 285 g/mol. The van der Waals surface area contributed by atoms with Gasteiger partial charge in [0, 0.05) is 0 Å². The standard InChI is InChI=1S/C10H7N9O2/c11-6-4-7(13-1-12-6)18(2-14-4)19-3-15-5-8(19)16-10(21)17-9(5)20/h1-3H,(H2,11,12,13)(H2,16,17,20,21). The first-order valence-electron chi connectivity index (χ1n) is 5.79. The summed E-state index contributed by atoms with van der Waals surface area (Å²) in [5, 5.41) is 0. The summed E-state index contributed by atoms with van der Waals surface area (Å²) < 4.78 is 2.94. The number of anilines is 1. The molecule has 0 saturated carbocycles. The number of H-pyrrole nitrogens is 2. The Balaban J connectivity index is 2.12. The molecular formula is C10H7N9O2. The van der Waals surface area contributed by atoms with Crippen molar-refractivity contribution in [1.82, 2.24) is 39.3 Å². The van der Waals surface area contributed by atoms with Crippen molar-refractivity contribution in [3.8, 4) is 0 Å². The van der Waals surface area contributed by atoms with E-state index < -0.39 is 11.2 Å². The zero-order chi connectivity index (χ0) is 14.6. The third-order valence-corrected chi connectivity index (χ3v) is 3.00. The van der Waals surface area contributed by atoms with Crippen LogP contribution in [0, 0.1) is 0 Å². The fourth-order valence-electron chi connectivity index (χ4n) is 2.09. The van der Waals surface area contributed by atoms with Crippen LogP contribution >= 0.6 is 0 Å². The van der Waals surface area contributed by atoms with E-state index in [1.807, 2.05) is 0 Å². The van der Waals surface area contributed by atoms with Gasteiger partial charge in [0.15, 0.2) is 28.1 Å². The fraction of sp³-hybridized carbons (Fsp3) is 0.